The molecule has 0 spiro atoms. The summed E-state index contributed by atoms with van der Waals surface area (Å²) in [6.07, 6.45) is 0. The van der Waals surface area contributed by atoms with Gasteiger partial charge in [0.25, 0.3) is 0 Å². The molecule has 0 nitrogen and oxygen atoms in total. The Morgan fingerprint density at radius 2 is 1.29 bits per heavy atom. The Morgan fingerprint density at radius 1 is 1.29 bits per heavy atom. The molecule has 0 saturated heterocycles. The topological polar surface area (TPSA) is 0 Å². The van der Waals surface area contributed by atoms with Crippen LogP contribution < -0.4 is 0 Å². The third-order valence-electron chi connectivity index (χ3n) is 0. The van der Waals surface area contributed by atoms with Gasteiger partial charge in [0.2, 0.25) is 0 Å². The molecule has 0 amide bonds. The van der Waals surface area contributed by atoms with E-state index in [9.17, 15) is 0 Å². The van der Waals surface area contributed by atoms with E-state index in [2.05, 4.69) is 9.88 Å². The first-order chi connectivity index (χ1) is 3.15. The number of hydrogen-bond donors (Lipinski definition) is 0. The first kappa shape index (κ1) is 11.0. The van der Waals surface area contributed by atoms with Crippen molar-refractivity contribution < 1.29 is 0 Å². The maximum absolute atomic E-state index is 5.27. The molecule has 2 radical (unpaired) electrons. The first-order valence-electron chi connectivity index (χ1n) is 2.37. The van der Waals surface area contributed by atoms with Crippen molar-refractivity contribution in [1.29, 1.82) is 0 Å². The van der Waals surface area contributed by atoms with Gasteiger partial charge in [-0.2, -0.15) is 0 Å². The van der Waals surface area contributed by atoms with Crippen molar-refractivity contribution >= 4 is 32.7 Å². The van der Waals surface area contributed by atoms with Gasteiger partial charge in [-0.3, -0.25) is 0 Å². The monoisotopic (exact) mass is 228 g/mol. The van der Waals surface area contributed by atoms with Gasteiger partial charge in [0.05, 0.1) is 0 Å². The van der Waals surface area contributed by atoms with Crippen LogP contribution in [0.5, 0.6) is 0 Å². The maximum atomic E-state index is 5.27. The molecule has 0 saturated carbocycles. The van der Waals surface area contributed by atoms with E-state index in [0.29, 0.717) is 5.38 Å². The number of rotatable bonds is 0. The van der Waals surface area contributed by atoms with E-state index >= 15 is 0 Å². The summed E-state index contributed by atoms with van der Waals surface area (Å²) >= 11 is 5.50. The molecule has 0 aromatic carbocycles. The standard InChI is InChI=1S/C3H7Cl.2CH3.Sn/c1-3(2)4;;;/h3H,1-2H3;2*1H3;. The van der Waals surface area contributed by atoms with Crippen LogP contribution in [0.15, 0.2) is 0 Å². The van der Waals surface area contributed by atoms with Crippen molar-refractivity contribution in [2.45, 2.75) is 29.1 Å². The first-order valence-corrected chi connectivity index (χ1v) is 8.52. The quantitative estimate of drug-likeness (QED) is 0.440. The summed E-state index contributed by atoms with van der Waals surface area (Å²) in [4.78, 5) is 4.59. The second-order valence-electron chi connectivity index (χ2n) is 1.51. The minimum atomic E-state index is 0.230. The molecule has 0 N–H and O–H groups in total. The van der Waals surface area contributed by atoms with Crippen LogP contribution in [0, 0.1) is 0 Å². The predicted octanol–water partition coefficient (Wildman–Crippen LogP) is 2.42. The van der Waals surface area contributed by atoms with Gasteiger partial charge in [-0.15, -0.1) is 11.6 Å². The summed E-state index contributed by atoms with van der Waals surface area (Å²) in [5.74, 6) is 0. The average Bonchev–Trinajstić information content (AvgIpc) is 1.33. The van der Waals surface area contributed by atoms with Gasteiger partial charge in [0.1, 0.15) is 0 Å². The van der Waals surface area contributed by atoms with Crippen LogP contribution in [0.3, 0.4) is 0 Å². The van der Waals surface area contributed by atoms with Crippen molar-refractivity contribution in [2.75, 3.05) is 0 Å². The molecule has 2 heteroatoms. The zero-order valence-electron chi connectivity index (χ0n) is 5.46. The molecule has 0 aromatic heterocycles. The summed E-state index contributed by atoms with van der Waals surface area (Å²) in [7, 11) is 0. The predicted molar refractivity (Wildman–Crippen MR) is 38.5 cm³/mol. The van der Waals surface area contributed by atoms with E-state index < -0.39 is 0 Å². The molecule has 7 heavy (non-hydrogen) atoms. The fourth-order valence-corrected chi connectivity index (χ4v) is 0. The van der Waals surface area contributed by atoms with Crippen molar-refractivity contribution in [1.82, 2.24) is 0 Å². The second kappa shape index (κ2) is 10.1. The molecule has 0 aromatic rings. The van der Waals surface area contributed by atoms with Crippen LogP contribution in [0.1, 0.15) is 13.8 Å². The Kier molecular flexibility index (Phi) is 15.9. The van der Waals surface area contributed by atoms with E-state index in [4.69, 9.17) is 11.6 Å². The zero-order chi connectivity index (χ0) is 6.28. The summed E-state index contributed by atoms with van der Waals surface area (Å²) in [5, 5.41) is 0.306. The van der Waals surface area contributed by atoms with E-state index in [1.807, 2.05) is 13.8 Å². The van der Waals surface area contributed by atoms with E-state index in [1.165, 1.54) is 0 Å². The second-order valence-corrected chi connectivity index (χ2v) is 5.24. The Labute approximate surface area is 61.9 Å². The molecule has 0 unspecified atom stereocenters. The van der Waals surface area contributed by atoms with Gasteiger partial charge < -0.3 is 0 Å². The Hall–Kier alpha value is 1.09. The molecule has 0 aliphatic rings. The molecule has 0 bridgehead atoms. The van der Waals surface area contributed by atoms with Gasteiger partial charge in [-0.05, 0) is 13.8 Å². The van der Waals surface area contributed by atoms with Gasteiger partial charge >= 0.3 is 31.0 Å². The number of alkyl halides is 1. The van der Waals surface area contributed by atoms with Gasteiger partial charge in [-0.25, -0.2) is 0 Å². The van der Waals surface area contributed by atoms with Crippen molar-refractivity contribution in [3.63, 3.8) is 0 Å². The third-order valence-corrected chi connectivity index (χ3v) is 0. The van der Waals surface area contributed by atoms with Crippen LogP contribution in [0.25, 0.3) is 0 Å². The molecule has 0 aliphatic heterocycles. The van der Waals surface area contributed by atoms with E-state index in [-0.39, 0.29) is 21.1 Å². The fourth-order valence-electron chi connectivity index (χ4n) is 0. The normalized spacial score (nSPS) is 7.71. The van der Waals surface area contributed by atoms with Crippen LogP contribution in [0.4, 0.5) is 0 Å². The molecular formula is C5H13ClSn. The number of halogens is 1. The van der Waals surface area contributed by atoms with Gasteiger partial charge in [0, 0.05) is 5.38 Å². The van der Waals surface area contributed by atoms with Crippen LogP contribution in [-0.2, 0) is 0 Å². The Balaban J connectivity index is 0. The average molecular weight is 227 g/mol. The van der Waals surface area contributed by atoms with Gasteiger partial charge in [-0.1, -0.05) is 0 Å². The summed E-state index contributed by atoms with van der Waals surface area (Å²) < 4.78 is 0. The number of hydrogen-bond acceptors (Lipinski definition) is 0. The minimum absolute atomic E-state index is 0.230. The molecule has 0 aliphatic carbocycles. The van der Waals surface area contributed by atoms with Crippen LogP contribution in [0.2, 0.25) is 9.88 Å². The Morgan fingerprint density at radius 3 is 1.29 bits per heavy atom. The van der Waals surface area contributed by atoms with E-state index in [1.54, 1.807) is 0 Å². The zero-order valence-corrected chi connectivity index (χ0v) is 9.07. The van der Waals surface area contributed by atoms with E-state index in [0.717, 1.165) is 0 Å². The Bertz CT molecular complexity index is 19.3. The van der Waals surface area contributed by atoms with Gasteiger partial charge in [0.15, 0.2) is 0 Å². The summed E-state index contributed by atoms with van der Waals surface area (Å²) in [6, 6.07) is 0. The van der Waals surface area contributed by atoms with Crippen LogP contribution >= 0.6 is 11.6 Å². The SMILES string of the molecule is CC(C)Cl.[CH3][Sn][CH3]. The third kappa shape index (κ3) is 155. The molecular weight excluding hydrogens is 214 g/mol. The summed E-state index contributed by atoms with van der Waals surface area (Å²) in [6.45, 7) is 3.86. The van der Waals surface area contributed by atoms with Crippen molar-refractivity contribution in [2.24, 2.45) is 0 Å². The van der Waals surface area contributed by atoms with Crippen molar-refractivity contribution in [3.8, 4) is 0 Å². The summed E-state index contributed by atoms with van der Waals surface area (Å²) in [5.41, 5.74) is 0. The molecule has 0 rings (SSSR count). The molecule has 44 valence electrons. The van der Waals surface area contributed by atoms with Crippen molar-refractivity contribution in [3.05, 3.63) is 0 Å². The van der Waals surface area contributed by atoms with Crippen LogP contribution in [-0.4, -0.2) is 26.5 Å². The molecule has 0 atom stereocenters. The molecule has 0 fully saturated rings. The molecule has 0 heterocycles. The fraction of sp³-hybridized carbons (Fsp3) is 1.00.